The zero-order valence-electron chi connectivity index (χ0n) is 9.06. The van der Waals surface area contributed by atoms with E-state index >= 15 is 0 Å². The summed E-state index contributed by atoms with van der Waals surface area (Å²) in [5.41, 5.74) is 5.92. The number of hydrogen-bond donors (Lipinski definition) is 1. The highest BCUT2D eigenvalue weighted by Crippen LogP contribution is 2.08. The molecule has 0 aliphatic heterocycles. The van der Waals surface area contributed by atoms with E-state index in [1.54, 1.807) is 6.07 Å². The molecule has 1 heterocycles. The monoisotopic (exact) mass is 208 g/mol. The average molecular weight is 208 g/mol. The first kappa shape index (κ1) is 11.5. The minimum absolute atomic E-state index is 0.0584. The smallest absolute Gasteiger partial charge is 0.338 e. The zero-order valence-corrected chi connectivity index (χ0v) is 9.06. The van der Waals surface area contributed by atoms with Crippen LogP contribution in [0.15, 0.2) is 18.3 Å². The minimum Gasteiger partial charge on any atom is -0.459 e. The van der Waals surface area contributed by atoms with Gasteiger partial charge in [0.25, 0.3) is 0 Å². The van der Waals surface area contributed by atoms with Gasteiger partial charge < -0.3 is 10.5 Å². The molecule has 1 unspecified atom stereocenters. The van der Waals surface area contributed by atoms with Gasteiger partial charge in [0.2, 0.25) is 0 Å². The van der Waals surface area contributed by atoms with Crippen molar-refractivity contribution in [3.8, 4) is 0 Å². The Morgan fingerprint density at radius 3 is 3.00 bits per heavy atom. The summed E-state index contributed by atoms with van der Waals surface area (Å²) < 4.78 is 5.21. The van der Waals surface area contributed by atoms with Gasteiger partial charge in [-0.1, -0.05) is 13.3 Å². The third kappa shape index (κ3) is 3.58. The Morgan fingerprint density at radius 2 is 2.40 bits per heavy atom. The molecule has 2 N–H and O–H groups in total. The first-order chi connectivity index (χ1) is 7.13. The fourth-order valence-electron chi connectivity index (χ4n) is 1.29. The normalized spacial score (nSPS) is 12.1. The van der Waals surface area contributed by atoms with Crippen molar-refractivity contribution in [2.24, 2.45) is 0 Å². The Labute approximate surface area is 89.5 Å². The van der Waals surface area contributed by atoms with Crippen molar-refractivity contribution in [1.82, 2.24) is 4.98 Å². The van der Waals surface area contributed by atoms with Crippen molar-refractivity contribution in [3.05, 3.63) is 23.9 Å². The molecule has 1 aromatic heterocycles. The molecule has 4 nitrogen and oxygen atoms in total. The second-order valence-electron chi connectivity index (χ2n) is 3.47. The van der Waals surface area contributed by atoms with Gasteiger partial charge >= 0.3 is 5.97 Å². The molecule has 1 rings (SSSR count). The molecule has 0 spiro atoms. The van der Waals surface area contributed by atoms with Crippen LogP contribution in [0, 0.1) is 0 Å². The van der Waals surface area contributed by atoms with Gasteiger partial charge in [-0.05, 0) is 25.5 Å². The third-order valence-corrected chi connectivity index (χ3v) is 2.02. The molecule has 1 aromatic rings. The van der Waals surface area contributed by atoms with E-state index in [2.05, 4.69) is 11.9 Å². The molecule has 15 heavy (non-hydrogen) atoms. The van der Waals surface area contributed by atoms with Crippen LogP contribution in [0.25, 0.3) is 0 Å². The number of rotatable bonds is 4. The lowest BCUT2D eigenvalue weighted by molar-refractivity contribution is 0.0323. The molecular formula is C11H16N2O2. The molecule has 0 saturated carbocycles. The molecular weight excluding hydrogens is 192 g/mol. The highest BCUT2D eigenvalue weighted by molar-refractivity contribution is 5.90. The highest BCUT2D eigenvalue weighted by atomic mass is 16.5. The second-order valence-corrected chi connectivity index (χ2v) is 3.47. The molecule has 0 bridgehead atoms. The fraction of sp³-hybridized carbons (Fsp3) is 0.455. The van der Waals surface area contributed by atoms with Crippen LogP contribution >= 0.6 is 0 Å². The fourth-order valence-corrected chi connectivity index (χ4v) is 1.29. The summed E-state index contributed by atoms with van der Waals surface area (Å²) in [6.07, 6.45) is 3.30. The van der Waals surface area contributed by atoms with Crippen molar-refractivity contribution >= 4 is 11.8 Å². The van der Waals surface area contributed by atoms with Gasteiger partial charge in [-0.3, -0.25) is 0 Å². The number of nitrogens with two attached hydrogens (primary N) is 1. The molecule has 0 amide bonds. The topological polar surface area (TPSA) is 65.2 Å². The number of hydrogen-bond acceptors (Lipinski definition) is 4. The van der Waals surface area contributed by atoms with Crippen LogP contribution in [0.2, 0.25) is 0 Å². The van der Waals surface area contributed by atoms with Gasteiger partial charge in [0.05, 0.1) is 11.7 Å². The van der Waals surface area contributed by atoms with Crippen LogP contribution in [0.5, 0.6) is 0 Å². The van der Waals surface area contributed by atoms with Crippen LogP contribution in [-0.2, 0) is 4.74 Å². The molecule has 0 aliphatic carbocycles. The molecule has 4 heteroatoms. The van der Waals surface area contributed by atoms with Crippen LogP contribution in [0.1, 0.15) is 37.0 Å². The van der Waals surface area contributed by atoms with E-state index in [9.17, 15) is 4.79 Å². The number of anilines is 1. The number of ether oxygens (including phenoxy) is 1. The van der Waals surface area contributed by atoms with Crippen molar-refractivity contribution < 1.29 is 9.53 Å². The van der Waals surface area contributed by atoms with Gasteiger partial charge in [-0.15, -0.1) is 0 Å². The molecule has 0 fully saturated rings. The van der Waals surface area contributed by atoms with Crippen molar-refractivity contribution in [2.45, 2.75) is 32.8 Å². The lowest BCUT2D eigenvalue weighted by Crippen LogP contribution is -2.15. The van der Waals surface area contributed by atoms with Crippen LogP contribution in [-0.4, -0.2) is 17.1 Å². The third-order valence-electron chi connectivity index (χ3n) is 2.02. The Hall–Kier alpha value is -1.58. The van der Waals surface area contributed by atoms with E-state index in [1.807, 2.05) is 6.92 Å². The first-order valence-corrected chi connectivity index (χ1v) is 5.06. The average Bonchev–Trinajstić information content (AvgIpc) is 2.18. The molecule has 1 atom stereocenters. The summed E-state index contributed by atoms with van der Waals surface area (Å²) in [6.45, 7) is 3.93. The Kier molecular flexibility index (Phi) is 4.09. The lowest BCUT2D eigenvalue weighted by Gasteiger charge is -2.11. The van der Waals surface area contributed by atoms with Gasteiger partial charge in [-0.2, -0.15) is 0 Å². The quantitative estimate of drug-likeness (QED) is 0.769. The maximum absolute atomic E-state index is 11.6. The summed E-state index contributed by atoms with van der Waals surface area (Å²) in [5.74, 6) is -0.0161. The van der Waals surface area contributed by atoms with Crippen molar-refractivity contribution in [1.29, 1.82) is 0 Å². The Morgan fingerprint density at radius 1 is 1.67 bits per heavy atom. The van der Waals surface area contributed by atoms with E-state index < -0.39 is 0 Å². The molecule has 0 aromatic carbocycles. The summed E-state index contributed by atoms with van der Waals surface area (Å²) in [6, 6.07) is 3.11. The summed E-state index contributed by atoms with van der Waals surface area (Å²) in [5, 5.41) is 0. The van der Waals surface area contributed by atoms with E-state index in [4.69, 9.17) is 10.5 Å². The first-order valence-electron chi connectivity index (χ1n) is 5.06. The number of nitrogen functional groups attached to an aromatic ring is 1. The predicted octanol–water partition coefficient (Wildman–Crippen LogP) is 2.01. The van der Waals surface area contributed by atoms with Crippen LogP contribution in [0.3, 0.4) is 0 Å². The predicted molar refractivity (Wildman–Crippen MR) is 58.4 cm³/mol. The molecule has 0 aliphatic rings. The number of esters is 1. The Balaban J connectivity index is 2.61. The number of nitrogens with zero attached hydrogens (tertiary/aromatic N) is 1. The zero-order chi connectivity index (χ0) is 11.3. The minimum atomic E-state index is -0.343. The van der Waals surface area contributed by atoms with Crippen LogP contribution < -0.4 is 5.73 Å². The van der Waals surface area contributed by atoms with E-state index in [-0.39, 0.29) is 12.1 Å². The largest absolute Gasteiger partial charge is 0.459 e. The number of carbonyl (C=O) groups is 1. The number of pyridine rings is 1. The molecule has 0 saturated heterocycles. The van der Waals surface area contributed by atoms with E-state index in [0.29, 0.717) is 11.4 Å². The maximum atomic E-state index is 11.6. The van der Waals surface area contributed by atoms with Crippen molar-refractivity contribution in [2.75, 3.05) is 5.73 Å². The highest BCUT2D eigenvalue weighted by Gasteiger charge is 2.11. The maximum Gasteiger partial charge on any atom is 0.338 e. The van der Waals surface area contributed by atoms with Crippen molar-refractivity contribution in [3.63, 3.8) is 0 Å². The second kappa shape index (κ2) is 5.34. The molecule has 0 radical (unpaired) electrons. The lowest BCUT2D eigenvalue weighted by atomic mass is 10.2. The summed E-state index contributed by atoms with van der Waals surface area (Å²) in [7, 11) is 0. The summed E-state index contributed by atoms with van der Waals surface area (Å²) in [4.78, 5) is 15.4. The van der Waals surface area contributed by atoms with Gasteiger partial charge in [0.1, 0.15) is 5.82 Å². The standard InChI is InChI=1S/C11H16N2O2/c1-3-4-8(2)15-11(14)9-5-6-13-10(12)7-9/h5-8H,3-4H2,1-2H3,(H2,12,13). The van der Waals surface area contributed by atoms with E-state index in [0.717, 1.165) is 12.8 Å². The van der Waals surface area contributed by atoms with Gasteiger partial charge in [0.15, 0.2) is 0 Å². The number of carbonyl (C=O) groups excluding carboxylic acids is 1. The molecule has 82 valence electrons. The van der Waals surface area contributed by atoms with E-state index in [1.165, 1.54) is 12.3 Å². The SMILES string of the molecule is CCCC(C)OC(=O)c1ccnc(N)c1. The Bertz CT molecular complexity index is 339. The summed E-state index contributed by atoms with van der Waals surface area (Å²) >= 11 is 0. The van der Waals surface area contributed by atoms with Gasteiger partial charge in [0, 0.05) is 6.20 Å². The number of aromatic nitrogens is 1. The van der Waals surface area contributed by atoms with Gasteiger partial charge in [-0.25, -0.2) is 9.78 Å². The van der Waals surface area contributed by atoms with Crippen LogP contribution in [0.4, 0.5) is 5.82 Å².